The van der Waals surface area contributed by atoms with Gasteiger partial charge in [-0.3, -0.25) is 19.3 Å². The van der Waals surface area contributed by atoms with Crippen LogP contribution < -0.4 is 5.32 Å². The van der Waals surface area contributed by atoms with Crippen molar-refractivity contribution in [2.45, 2.75) is 26.3 Å². The van der Waals surface area contributed by atoms with Gasteiger partial charge in [-0.05, 0) is 25.5 Å². The van der Waals surface area contributed by atoms with Crippen LogP contribution in [0.1, 0.15) is 47.0 Å². The molecule has 1 aromatic carbocycles. The van der Waals surface area contributed by atoms with E-state index < -0.39 is 17.7 Å². The predicted molar refractivity (Wildman–Crippen MR) is 87.7 cm³/mol. The quantitative estimate of drug-likeness (QED) is 0.853. The number of carbonyl (C=O) groups is 3. The summed E-state index contributed by atoms with van der Waals surface area (Å²) in [5.41, 5.74) is 0.667. The van der Waals surface area contributed by atoms with Crippen molar-refractivity contribution in [2.24, 2.45) is 0 Å². The van der Waals surface area contributed by atoms with Crippen LogP contribution in [0.4, 0.5) is 5.82 Å². The van der Waals surface area contributed by atoms with Crippen LogP contribution in [-0.4, -0.2) is 38.9 Å². The van der Waals surface area contributed by atoms with Gasteiger partial charge in [0.25, 0.3) is 11.8 Å². The number of anilines is 1. The molecule has 0 spiro atoms. The molecule has 0 fully saturated rings. The largest absolute Gasteiger partial charge is 0.309 e. The predicted octanol–water partition coefficient (Wildman–Crippen LogP) is 2.09. The first kappa shape index (κ1) is 15.9. The zero-order valence-electron chi connectivity index (χ0n) is 13.5. The highest BCUT2D eigenvalue weighted by Crippen LogP contribution is 2.22. The molecule has 1 aromatic heterocycles. The summed E-state index contributed by atoms with van der Waals surface area (Å²) in [6.07, 6.45) is 2.47. The van der Waals surface area contributed by atoms with Crippen molar-refractivity contribution in [3.8, 4) is 0 Å². The highest BCUT2D eigenvalue weighted by molar-refractivity contribution is 6.22. The van der Waals surface area contributed by atoms with E-state index >= 15 is 0 Å². The van der Waals surface area contributed by atoms with Crippen molar-refractivity contribution in [1.29, 1.82) is 0 Å². The van der Waals surface area contributed by atoms with Crippen molar-refractivity contribution >= 4 is 23.5 Å². The standard InChI is InChI=1S/C17H18N4O3/c1-3-11(2)21-14(8-9-18-21)19-15(22)10-20-16(23)12-6-4-5-7-13(12)17(20)24/h4-9,11H,3,10H2,1-2H3,(H,19,22). The van der Waals surface area contributed by atoms with E-state index in [-0.39, 0.29) is 12.6 Å². The molecule has 2 heterocycles. The van der Waals surface area contributed by atoms with Gasteiger partial charge in [-0.1, -0.05) is 19.1 Å². The molecule has 3 amide bonds. The van der Waals surface area contributed by atoms with Crippen LogP contribution in [0.15, 0.2) is 36.5 Å². The number of carbonyl (C=O) groups excluding carboxylic acids is 3. The molecule has 0 bridgehead atoms. The Hall–Kier alpha value is -2.96. The lowest BCUT2D eigenvalue weighted by Crippen LogP contribution is -2.37. The lowest BCUT2D eigenvalue weighted by Gasteiger charge is -2.16. The number of nitrogens with zero attached hydrogens (tertiary/aromatic N) is 3. The second kappa shape index (κ2) is 6.27. The van der Waals surface area contributed by atoms with Gasteiger partial charge in [-0.2, -0.15) is 5.10 Å². The smallest absolute Gasteiger partial charge is 0.262 e. The third-order valence-corrected chi connectivity index (χ3v) is 4.13. The van der Waals surface area contributed by atoms with E-state index in [2.05, 4.69) is 10.4 Å². The van der Waals surface area contributed by atoms with E-state index in [0.29, 0.717) is 16.9 Å². The summed E-state index contributed by atoms with van der Waals surface area (Å²) < 4.78 is 1.71. The molecule has 3 rings (SSSR count). The summed E-state index contributed by atoms with van der Waals surface area (Å²) in [5.74, 6) is -0.775. The maximum absolute atomic E-state index is 12.3. The van der Waals surface area contributed by atoms with Gasteiger partial charge >= 0.3 is 0 Å². The normalized spacial score (nSPS) is 14.7. The van der Waals surface area contributed by atoms with Crippen LogP contribution in [0, 0.1) is 0 Å². The highest BCUT2D eigenvalue weighted by atomic mass is 16.2. The summed E-state index contributed by atoms with van der Waals surface area (Å²) >= 11 is 0. The third-order valence-electron chi connectivity index (χ3n) is 4.13. The van der Waals surface area contributed by atoms with Crippen molar-refractivity contribution in [3.05, 3.63) is 47.7 Å². The first-order chi connectivity index (χ1) is 11.5. The van der Waals surface area contributed by atoms with Crippen LogP contribution in [0.2, 0.25) is 0 Å². The lowest BCUT2D eigenvalue weighted by molar-refractivity contribution is -0.116. The van der Waals surface area contributed by atoms with E-state index in [0.717, 1.165) is 11.3 Å². The number of hydrogen-bond donors (Lipinski definition) is 1. The third kappa shape index (κ3) is 2.68. The Kier molecular flexibility index (Phi) is 4.16. The molecule has 0 saturated heterocycles. The minimum Gasteiger partial charge on any atom is -0.309 e. The molecule has 1 aliphatic heterocycles. The molecular weight excluding hydrogens is 308 g/mol. The van der Waals surface area contributed by atoms with E-state index in [1.54, 1.807) is 41.2 Å². The SMILES string of the molecule is CCC(C)n1nccc1NC(=O)CN1C(=O)c2ccccc2C1=O. The second-order valence-electron chi connectivity index (χ2n) is 5.71. The van der Waals surface area contributed by atoms with Gasteiger partial charge in [0.05, 0.1) is 23.4 Å². The number of hydrogen-bond acceptors (Lipinski definition) is 4. The van der Waals surface area contributed by atoms with E-state index in [9.17, 15) is 14.4 Å². The Balaban J connectivity index is 1.72. The summed E-state index contributed by atoms with van der Waals surface area (Å²) in [6.45, 7) is 3.70. The minimum atomic E-state index is -0.443. The summed E-state index contributed by atoms with van der Waals surface area (Å²) in [5, 5.41) is 6.90. The number of aromatic nitrogens is 2. The molecule has 1 unspecified atom stereocenters. The van der Waals surface area contributed by atoms with Crippen molar-refractivity contribution < 1.29 is 14.4 Å². The van der Waals surface area contributed by atoms with E-state index in [1.807, 2.05) is 13.8 Å². The Labute approximate surface area is 139 Å². The Bertz CT molecular complexity index is 777. The fourth-order valence-electron chi connectivity index (χ4n) is 2.65. The molecular formula is C17H18N4O3. The average molecular weight is 326 g/mol. The maximum atomic E-state index is 12.3. The molecule has 1 atom stereocenters. The topological polar surface area (TPSA) is 84.3 Å². The van der Waals surface area contributed by atoms with Gasteiger partial charge in [0, 0.05) is 6.07 Å². The zero-order valence-corrected chi connectivity index (χ0v) is 13.5. The average Bonchev–Trinajstić information content (AvgIpc) is 3.13. The Morgan fingerprint density at radius 1 is 1.17 bits per heavy atom. The van der Waals surface area contributed by atoms with Gasteiger partial charge in [0.15, 0.2) is 0 Å². The molecule has 24 heavy (non-hydrogen) atoms. The zero-order chi connectivity index (χ0) is 17.3. The van der Waals surface area contributed by atoms with Gasteiger partial charge in [0.1, 0.15) is 12.4 Å². The molecule has 7 nitrogen and oxygen atoms in total. The molecule has 7 heteroatoms. The molecule has 1 aliphatic rings. The number of amides is 3. The molecule has 1 N–H and O–H groups in total. The number of rotatable bonds is 5. The first-order valence-corrected chi connectivity index (χ1v) is 7.81. The molecule has 2 aromatic rings. The van der Waals surface area contributed by atoms with Gasteiger partial charge < -0.3 is 5.32 Å². The van der Waals surface area contributed by atoms with E-state index in [1.165, 1.54) is 0 Å². The van der Waals surface area contributed by atoms with Crippen molar-refractivity contribution in [2.75, 3.05) is 11.9 Å². The monoisotopic (exact) mass is 326 g/mol. The minimum absolute atomic E-state index is 0.134. The number of imide groups is 1. The number of benzene rings is 1. The van der Waals surface area contributed by atoms with Crippen LogP contribution in [0.3, 0.4) is 0 Å². The highest BCUT2D eigenvalue weighted by Gasteiger charge is 2.36. The number of nitrogens with one attached hydrogen (secondary N) is 1. The molecule has 0 saturated carbocycles. The van der Waals surface area contributed by atoms with Gasteiger partial charge in [-0.25, -0.2) is 4.68 Å². The van der Waals surface area contributed by atoms with Crippen LogP contribution in [-0.2, 0) is 4.79 Å². The Morgan fingerprint density at radius 3 is 2.38 bits per heavy atom. The fourth-order valence-corrected chi connectivity index (χ4v) is 2.65. The lowest BCUT2D eigenvalue weighted by atomic mass is 10.1. The summed E-state index contributed by atoms with van der Waals surface area (Å²) in [4.78, 5) is 37.8. The first-order valence-electron chi connectivity index (χ1n) is 7.81. The summed E-state index contributed by atoms with van der Waals surface area (Å²) in [6, 6.07) is 8.38. The summed E-state index contributed by atoms with van der Waals surface area (Å²) in [7, 11) is 0. The van der Waals surface area contributed by atoms with Gasteiger partial charge in [-0.15, -0.1) is 0 Å². The Morgan fingerprint density at radius 2 is 1.79 bits per heavy atom. The molecule has 0 aliphatic carbocycles. The van der Waals surface area contributed by atoms with Crippen molar-refractivity contribution in [3.63, 3.8) is 0 Å². The second-order valence-corrected chi connectivity index (χ2v) is 5.71. The number of fused-ring (bicyclic) bond motifs is 1. The molecule has 124 valence electrons. The maximum Gasteiger partial charge on any atom is 0.262 e. The van der Waals surface area contributed by atoms with Crippen molar-refractivity contribution in [1.82, 2.24) is 14.7 Å². The van der Waals surface area contributed by atoms with Crippen LogP contribution in [0.25, 0.3) is 0 Å². The van der Waals surface area contributed by atoms with Crippen LogP contribution >= 0.6 is 0 Å². The van der Waals surface area contributed by atoms with Gasteiger partial charge in [0.2, 0.25) is 5.91 Å². The van der Waals surface area contributed by atoms with Crippen LogP contribution in [0.5, 0.6) is 0 Å². The fraction of sp³-hybridized carbons (Fsp3) is 0.294. The van der Waals surface area contributed by atoms with E-state index in [4.69, 9.17) is 0 Å². The molecule has 0 radical (unpaired) electrons.